The first-order valence-corrected chi connectivity index (χ1v) is 8.97. The number of benzene rings is 1. The Hall–Kier alpha value is -1.39. The minimum Gasteiger partial charge on any atom is -0.377 e. The van der Waals surface area contributed by atoms with Gasteiger partial charge in [0, 0.05) is 38.7 Å². The van der Waals surface area contributed by atoms with Crippen LogP contribution < -0.4 is 5.32 Å². The lowest BCUT2D eigenvalue weighted by Gasteiger charge is -2.29. The van der Waals surface area contributed by atoms with Gasteiger partial charge in [-0.15, -0.1) is 0 Å². The number of fused-ring (bicyclic) bond motifs is 1. The molecule has 4 heteroatoms. The molecule has 0 unspecified atom stereocenters. The number of nitrogens with zero attached hydrogens (tertiary/aromatic N) is 1. The first-order valence-electron chi connectivity index (χ1n) is 8.97. The largest absolute Gasteiger partial charge is 0.377 e. The van der Waals surface area contributed by atoms with Crippen LogP contribution in [0.5, 0.6) is 0 Å². The van der Waals surface area contributed by atoms with Crippen molar-refractivity contribution in [3.63, 3.8) is 0 Å². The van der Waals surface area contributed by atoms with Crippen LogP contribution in [0, 0.1) is 0 Å². The fourth-order valence-electron chi connectivity index (χ4n) is 3.69. The van der Waals surface area contributed by atoms with Crippen molar-refractivity contribution in [3.05, 3.63) is 35.4 Å². The summed E-state index contributed by atoms with van der Waals surface area (Å²) in [5.74, 6) is 0.259. The van der Waals surface area contributed by atoms with Crippen LogP contribution >= 0.6 is 0 Å². The van der Waals surface area contributed by atoms with E-state index < -0.39 is 0 Å². The molecular formula is C19H28N2O2. The molecule has 0 bridgehead atoms. The summed E-state index contributed by atoms with van der Waals surface area (Å²) in [5, 5.41) is 3.53. The Bertz CT molecular complexity index is 526. The third-order valence-electron chi connectivity index (χ3n) is 5.08. The van der Waals surface area contributed by atoms with Crippen LogP contribution in [0.15, 0.2) is 24.3 Å². The van der Waals surface area contributed by atoms with Gasteiger partial charge in [-0.2, -0.15) is 0 Å². The average Bonchev–Trinajstić information content (AvgIpc) is 3.12. The van der Waals surface area contributed by atoms with Crippen molar-refractivity contribution >= 4 is 5.91 Å². The molecule has 0 radical (unpaired) electrons. The number of hydrogen-bond acceptors (Lipinski definition) is 3. The minimum atomic E-state index is 0.259. The molecule has 0 aliphatic carbocycles. The van der Waals surface area contributed by atoms with Gasteiger partial charge in [-0.25, -0.2) is 0 Å². The first kappa shape index (κ1) is 16.5. The van der Waals surface area contributed by atoms with Crippen LogP contribution in [-0.4, -0.2) is 42.6 Å². The van der Waals surface area contributed by atoms with Crippen LogP contribution in [0.2, 0.25) is 0 Å². The van der Waals surface area contributed by atoms with Crippen molar-refractivity contribution in [1.29, 1.82) is 0 Å². The van der Waals surface area contributed by atoms with Crippen molar-refractivity contribution in [3.8, 4) is 0 Å². The maximum atomic E-state index is 12.5. The maximum Gasteiger partial charge on any atom is 0.224 e. The van der Waals surface area contributed by atoms with Gasteiger partial charge in [0.2, 0.25) is 5.91 Å². The summed E-state index contributed by atoms with van der Waals surface area (Å²) in [6.45, 7) is 5.42. The molecule has 1 aromatic rings. The highest BCUT2D eigenvalue weighted by molar-refractivity contribution is 5.76. The summed E-state index contributed by atoms with van der Waals surface area (Å²) in [6.07, 6.45) is 5.23. The van der Waals surface area contributed by atoms with E-state index in [-0.39, 0.29) is 5.91 Å². The molecule has 2 aliphatic heterocycles. The quantitative estimate of drug-likeness (QED) is 0.877. The SMILES string of the molecule is CC[C@@H](NCCC(=O)N1CCc2ccccc2C1)[C@H]1CCCO1. The van der Waals surface area contributed by atoms with Crippen molar-refractivity contribution in [1.82, 2.24) is 10.2 Å². The second-order valence-electron chi connectivity index (χ2n) is 6.60. The van der Waals surface area contributed by atoms with Gasteiger partial charge in [0.25, 0.3) is 0 Å². The highest BCUT2D eigenvalue weighted by atomic mass is 16.5. The van der Waals surface area contributed by atoms with Crippen molar-refractivity contribution in [2.75, 3.05) is 19.7 Å². The molecule has 1 N–H and O–H groups in total. The third kappa shape index (κ3) is 4.12. The predicted octanol–water partition coefficient (Wildman–Crippen LogP) is 2.51. The molecule has 0 aromatic heterocycles. The number of amides is 1. The zero-order valence-electron chi connectivity index (χ0n) is 14.1. The molecule has 1 amide bonds. The standard InChI is InChI=1S/C19H28N2O2/c1-2-17(18-8-5-13-23-18)20-11-9-19(22)21-12-10-15-6-3-4-7-16(15)14-21/h3-4,6-7,17-18,20H,2,5,8-14H2,1H3/t17-,18-/m1/s1. The van der Waals surface area contributed by atoms with E-state index in [0.717, 1.165) is 51.9 Å². The number of rotatable bonds is 6. The first-order chi connectivity index (χ1) is 11.3. The Morgan fingerprint density at radius 3 is 2.96 bits per heavy atom. The molecule has 126 valence electrons. The van der Waals surface area contributed by atoms with Gasteiger partial charge < -0.3 is 15.0 Å². The Morgan fingerprint density at radius 2 is 2.22 bits per heavy atom. The van der Waals surface area contributed by atoms with Crippen LogP contribution in [-0.2, 0) is 22.5 Å². The molecule has 1 fully saturated rings. The smallest absolute Gasteiger partial charge is 0.224 e. The monoisotopic (exact) mass is 316 g/mol. The summed E-state index contributed by atoms with van der Waals surface area (Å²) in [5.41, 5.74) is 2.69. The molecule has 3 rings (SSSR count). The van der Waals surface area contributed by atoms with Crippen LogP contribution in [0.1, 0.15) is 43.7 Å². The second-order valence-corrected chi connectivity index (χ2v) is 6.60. The van der Waals surface area contributed by atoms with Gasteiger partial charge in [-0.3, -0.25) is 4.79 Å². The number of carbonyl (C=O) groups excluding carboxylic acids is 1. The summed E-state index contributed by atoms with van der Waals surface area (Å²) >= 11 is 0. The van der Waals surface area contributed by atoms with E-state index in [9.17, 15) is 4.79 Å². The normalized spacial score (nSPS) is 22.0. The lowest BCUT2D eigenvalue weighted by Crippen LogP contribution is -2.42. The van der Waals surface area contributed by atoms with Crippen LogP contribution in [0.3, 0.4) is 0 Å². The summed E-state index contributed by atoms with van der Waals surface area (Å²) in [7, 11) is 0. The third-order valence-corrected chi connectivity index (χ3v) is 5.08. The Morgan fingerprint density at radius 1 is 1.39 bits per heavy atom. The molecule has 0 saturated carbocycles. The van der Waals surface area contributed by atoms with E-state index >= 15 is 0 Å². The minimum absolute atomic E-state index is 0.259. The van der Waals surface area contributed by atoms with Crippen LogP contribution in [0.4, 0.5) is 0 Å². The summed E-state index contributed by atoms with van der Waals surface area (Å²) in [4.78, 5) is 14.5. The maximum absolute atomic E-state index is 12.5. The van der Waals surface area contributed by atoms with Gasteiger partial charge >= 0.3 is 0 Å². The van der Waals surface area contributed by atoms with Gasteiger partial charge in [0.1, 0.15) is 0 Å². The molecule has 2 heterocycles. The number of nitrogens with one attached hydrogen (secondary N) is 1. The fraction of sp³-hybridized carbons (Fsp3) is 0.632. The lowest BCUT2D eigenvalue weighted by molar-refractivity contribution is -0.132. The zero-order valence-corrected chi connectivity index (χ0v) is 14.1. The molecule has 0 spiro atoms. The Kier molecular flexibility index (Phi) is 5.68. The molecule has 23 heavy (non-hydrogen) atoms. The van der Waals surface area contributed by atoms with Crippen molar-refractivity contribution in [2.24, 2.45) is 0 Å². The summed E-state index contributed by atoms with van der Waals surface area (Å²) < 4.78 is 5.76. The predicted molar refractivity (Wildman–Crippen MR) is 91.2 cm³/mol. The van der Waals surface area contributed by atoms with Crippen molar-refractivity contribution in [2.45, 2.75) is 57.7 Å². The number of hydrogen-bond donors (Lipinski definition) is 1. The Balaban J connectivity index is 1.44. The fourth-order valence-corrected chi connectivity index (χ4v) is 3.69. The summed E-state index contributed by atoms with van der Waals surface area (Å²) in [6, 6.07) is 8.83. The number of carbonyl (C=O) groups is 1. The molecule has 4 nitrogen and oxygen atoms in total. The van der Waals surface area contributed by atoms with Gasteiger partial charge in [0.15, 0.2) is 0 Å². The second kappa shape index (κ2) is 7.93. The number of ether oxygens (including phenoxy) is 1. The molecule has 2 aliphatic rings. The average molecular weight is 316 g/mol. The van der Waals surface area contributed by atoms with E-state index in [1.165, 1.54) is 11.1 Å². The van der Waals surface area contributed by atoms with Crippen LogP contribution in [0.25, 0.3) is 0 Å². The van der Waals surface area contributed by atoms with Gasteiger partial charge in [-0.1, -0.05) is 31.2 Å². The zero-order chi connectivity index (χ0) is 16.1. The highest BCUT2D eigenvalue weighted by Crippen LogP contribution is 2.19. The lowest BCUT2D eigenvalue weighted by atomic mass is 10.00. The highest BCUT2D eigenvalue weighted by Gasteiger charge is 2.25. The van der Waals surface area contributed by atoms with Gasteiger partial charge in [-0.05, 0) is 36.8 Å². The van der Waals surface area contributed by atoms with E-state index in [0.29, 0.717) is 18.6 Å². The molecular weight excluding hydrogens is 288 g/mol. The topological polar surface area (TPSA) is 41.6 Å². The van der Waals surface area contributed by atoms with E-state index in [1.54, 1.807) is 0 Å². The Labute approximate surface area is 139 Å². The van der Waals surface area contributed by atoms with E-state index in [4.69, 9.17) is 4.74 Å². The molecule has 2 atom stereocenters. The molecule has 1 aromatic carbocycles. The van der Waals surface area contributed by atoms with E-state index in [2.05, 4.69) is 36.5 Å². The molecule has 1 saturated heterocycles. The van der Waals surface area contributed by atoms with E-state index in [1.807, 2.05) is 4.90 Å². The van der Waals surface area contributed by atoms with Gasteiger partial charge in [0.05, 0.1) is 6.10 Å². The van der Waals surface area contributed by atoms with Crippen molar-refractivity contribution < 1.29 is 9.53 Å².